The van der Waals surface area contributed by atoms with Gasteiger partial charge in [0.1, 0.15) is 0 Å². The minimum atomic E-state index is -0.993. The molecule has 0 saturated carbocycles. The number of cyclic esters (lactones) is 1. The number of carbonyl (C=O) groups excluding carboxylic acids is 1. The highest BCUT2D eigenvalue weighted by Crippen LogP contribution is 2.63. The third kappa shape index (κ3) is 4.33. The zero-order valence-corrected chi connectivity index (χ0v) is 28.8. The maximum atomic E-state index is 13.4. The summed E-state index contributed by atoms with van der Waals surface area (Å²) in [7, 11) is 0. The summed E-state index contributed by atoms with van der Waals surface area (Å²) in [6.45, 7) is 16.2. The van der Waals surface area contributed by atoms with Crippen LogP contribution in [-0.4, -0.2) is 5.97 Å². The fourth-order valence-electron chi connectivity index (χ4n) is 9.52. The largest absolute Gasteiger partial charge is 0.441 e. The number of aryl methyl sites for hydroxylation is 3. The van der Waals surface area contributed by atoms with Crippen LogP contribution >= 0.6 is 0 Å². The van der Waals surface area contributed by atoms with Crippen LogP contribution in [0, 0.1) is 20.8 Å². The Morgan fingerprint density at radius 2 is 1.21 bits per heavy atom. The molecule has 2 aliphatic carbocycles. The van der Waals surface area contributed by atoms with Crippen molar-refractivity contribution in [3.63, 3.8) is 0 Å². The summed E-state index contributed by atoms with van der Waals surface area (Å²) in [5, 5.41) is 0. The van der Waals surface area contributed by atoms with Gasteiger partial charge in [0.05, 0.1) is 5.56 Å². The van der Waals surface area contributed by atoms with Crippen LogP contribution < -0.4 is 0 Å². The second kappa shape index (κ2) is 10.0. The van der Waals surface area contributed by atoms with Crippen LogP contribution in [-0.2, 0) is 33.0 Å². The van der Waals surface area contributed by atoms with Crippen molar-refractivity contribution in [3.05, 3.63) is 175 Å². The van der Waals surface area contributed by atoms with E-state index in [2.05, 4.69) is 127 Å². The van der Waals surface area contributed by atoms with Crippen LogP contribution in [0.2, 0.25) is 0 Å². The SMILES string of the molecule is Cc1ccc(C2(c3ccc(C)c(Cc4ccc5c(c4)C4(CC(C)(C)c6ccc(C)cc64)CC5(C)C)c3)OC(=O)c3ccccc32)cc1. The van der Waals surface area contributed by atoms with Gasteiger partial charge in [-0.15, -0.1) is 0 Å². The highest BCUT2D eigenvalue weighted by Gasteiger charge is 2.56. The van der Waals surface area contributed by atoms with Crippen molar-refractivity contribution in [1.82, 2.24) is 0 Å². The van der Waals surface area contributed by atoms with Crippen LogP contribution in [0.1, 0.15) is 118 Å². The van der Waals surface area contributed by atoms with Gasteiger partial charge in [-0.1, -0.05) is 136 Å². The Morgan fingerprint density at radius 3 is 1.94 bits per heavy atom. The summed E-state index contributed by atoms with van der Waals surface area (Å²) < 4.78 is 6.45. The standard InChI is InChI=1S/C45H44O2/c1-28-12-17-33(18-13-28)45(36-11-9-8-10-35(36)41(46)47-45)34-19-15-30(3)32(25-34)23-31-16-21-38-40(24-31)44(27-43(38,6)7)26-42(4,5)37-20-14-29(2)22-39(37)44/h8-22,24-25H,23,26-27H2,1-7H3. The molecule has 2 heteroatoms. The number of hydrogen-bond donors (Lipinski definition) is 0. The molecule has 8 rings (SSSR count). The molecule has 0 saturated heterocycles. The first-order chi connectivity index (χ1) is 22.3. The van der Waals surface area contributed by atoms with Crippen molar-refractivity contribution >= 4 is 5.97 Å². The van der Waals surface area contributed by atoms with E-state index in [1.165, 1.54) is 50.1 Å². The number of benzene rings is 5. The molecule has 5 aromatic carbocycles. The van der Waals surface area contributed by atoms with Crippen LogP contribution in [0.4, 0.5) is 0 Å². The van der Waals surface area contributed by atoms with Crippen molar-refractivity contribution in [3.8, 4) is 0 Å². The van der Waals surface area contributed by atoms with E-state index >= 15 is 0 Å². The Kier molecular flexibility index (Phi) is 6.39. The molecule has 0 amide bonds. The van der Waals surface area contributed by atoms with Gasteiger partial charge < -0.3 is 4.74 Å². The lowest BCUT2D eigenvalue weighted by Crippen LogP contribution is -2.29. The molecule has 0 N–H and O–H groups in total. The van der Waals surface area contributed by atoms with Gasteiger partial charge in [-0.3, -0.25) is 0 Å². The lowest BCUT2D eigenvalue weighted by atomic mass is 9.72. The summed E-state index contributed by atoms with van der Waals surface area (Å²) >= 11 is 0. The van der Waals surface area contributed by atoms with E-state index in [0.717, 1.165) is 36.0 Å². The topological polar surface area (TPSA) is 26.3 Å². The zero-order valence-electron chi connectivity index (χ0n) is 28.8. The third-order valence-corrected chi connectivity index (χ3v) is 11.6. The van der Waals surface area contributed by atoms with Crippen LogP contribution in [0.15, 0.2) is 103 Å². The number of hydrogen-bond acceptors (Lipinski definition) is 2. The Hall–Kier alpha value is -4.43. The van der Waals surface area contributed by atoms with Gasteiger partial charge in [0.15, 0.2) is 5.60 Å². The number of ether oxygens (including phenoxy) is 1. The molecular formula is C45H44O2. The molecule has 2 unspecified atom stereocenters. The number of fused-ring (bicyclic) bond motifs is 5. The van der Waals surface area contributed by atoms with Crippen LogP contribution in [0.3, 0.4) is 0 Å². The molecule has 2 atom stereocenters. The van der Waals surface area contributed by atoms with Gasteiger partial charge in [0.25, 0.3) is 0 Å². The molecule has 47 heavy (non-hydrogen) atoms. The van der Waals surface area contributed by atoms with Crippen molar-refractivity contribution < 1.29 is 9.53 Å². The summed E-state index contributed by atoms with van der Waals surface area (Å²) in [5.41, 5.74) is 15.1. The molecule has 0 radical (unpaired) electrons. The third-order valence-electron chi connectivity index (χ3n) is 11.6. The van der Waals surface area contributed by atoms with E-state index < -0.39 is 5.60 Å². The van der Waals surface area contributed by atoms with Crippen LogP contribution in [0.25, 0.3) is 0 Å². The minimum absolute atomic E-state index is 0.0217. The quantitative estimate of drug-likeness (QED) is 0.188. The number of rotatable bonds is 4. The first-order valence-corrected chi connectivity index (χ1v) is 17.1. The maximum Gasteiger partial charge on any atom is 0.340 e. The highest BCUT2D eigenvalue weighted by atomic mass is 16.6. The van der Waals surface area contributed by atoms with E-state index in [1.54, 1.807) is 0 Å². The highest BCUT2D eigenvalue weighted by molar-refractivity contribution is 5.96. The predicted molar refractivity (Wildman–Crippen MR) is 191 cm³/mol. The van der Waals surface area contributed by atoms with Crippen molar-refractivity contribution in [2.75, 3.05) is 0 Å². The van der Waals surface area contributed by atoms with E-state index in [-0.39, 0.29) is 22.2 Å². The monoisotopic (exact) mass is 616 g/mol. The lowest BCUT2D eigenvalue weighted by molar-refractivity contribution is 0.0251. The van der Waals surface area contributed by atoms with Gasteiger partial charge in [0.2, 0.25) is 0 Å². The summed E-state index contributed by atoms with van der Waals surface area (Å²) in [6, 6.07) is 37.4. The Labute approximate surface area is 279 Å². The molecule has 0 bridgehead atoms. The second-order valence-corrected chi connectivity index (χ2v) is 15.9. The van der Waals surface area contributed by atoms with Gasteiger partial charge in [-0.05, 0) is 95.9 Å². The molecule has 236 valence electrons. The Morgan fingerprint density at radius 1 is 0.596 bits per heavy atom. The molecule has 0 aromatic heterocycles. The van der Waals surface area contributed by atoms with Crippen LogP contribution in [0.5, 0.6) is 0 Å². The van der Waals surface area contributed by atoms with E-state index in [1.807, 2.05) is 24.3 Å². The lowest BCUT2D eigenvalue weighted by Gasteiger charge is -2.31. The predicted octanol–water partition coefficient (Wildman–Crippen LogP) is 10.3. The first kappa shape index (κ1) is 29.9. The van der Waals surface area contributed by atoms with Crippen molar-refractivity contribution in [2.45, 2.75) is 89.6 Å². The summed E-state index contributed by atoms with van der Waals surface area (Å²) in [6.07, 6.45) is 3.08. The summed E-state index contributed by atoms with van der Waals surface area (Å²) in [4.78, 5) is 13.4. The minimum Gasteiger partial charge on any atom is -0.441 e. The fourth-order valence-corrected chi connectivity index (χ4v) is 9.52. The van der Waals surface area contributed by atoms with Crippen molar-refractivity contribution in [2.24, 2.45) is 0 Å². The van der Waals surface area contributed by atoms with Gasteiger partial charge in [-0.2, -0.15) is 0 Å². The maximum absolute atomic E-state index is 13.4. The van der Waals surface area contributed by atoms with E-state index in [4.69, 9.17) is 4.74 Å². The molecule has 5 aromatic rings. The van der Waals surface area contributed by atoms with Gasteiger partial charge >= 0.3 is 5.97 Å². The summed E-state index contributed by atoms with van der Waals surface area (Å²) in [5.74, 6) is -0.273. The number of esters is 1. The normalized spacial score (nSPS) is 23.0. The van der Waals surface area contributed by atoms with E-state index in [9.17, 15) is 4.79 Å². The van der Waals surface area contributed by atoms with Gasteiger partial charge in [-0.25, -0.2) is 4.79 Å². The molecular weight excluding hydrogens is 572 g/mol. The Bertz CT molecular complexity index is 2090. The average Bonchev–Trinajstić information content (AvgIpc) is 3.55. The zero-order chi connectivity index (χ0) is 32.9. The molecule has 1 heterocycles. The molecule has 1 spiro atoms. The van der Waals surface area contributed by atoms with E-state index in [0.29, 0.717) is 5.56 Å². The fraction of sp³-hybridized carbons (Fsp3) is 0.311. The molecule has 3 aliphatic rings. The second-order valence-electron chi connectivity index (χ2n) is 15.9. The first-order valence-electron chi connectivity index (χ1n) is 17.1. The molecule has 1 aliphatic heterocycles. The van der Waals surface area contributed by atoms with Gasteiger partial charge in [0, 0.05) is 22.1 Å². The van der Waals surface area contributed by atoms with Crippen molar-refractivity contribution in [1.29, 1.82) is 0 Å². The average molecular weight is 617 g/mol. The molecule has 2 nitrogen and oxygen atoms in total. The smallest absolute Gasteiger partial charge is 0.340 e. The Balaban J connectivity index is 1.25. The number of carbonyl (C=O) groups is 1. The molecule has 0 fully saturated rings.